The molecule has 0 saturated carbocycles. The normalized spacial score (nSPS) is 18.9. The molecule has 10 heteroatoms. The number of fused-ring (bicyclic) bond motifs is 1. The molecule has 5 nitrogen and oxygen atoms in total. The molecule has 2 N–H and O–H groups in total. The lowest BCUT2D eigenvalue weighted by molar-refractivity contribution is -0.0510. The topological polar surface area (TPSA) is 75.6 Å². The molecule has 1 aromatic rings. The first-order chi connectivity index (χ1) is 9.17. The van der Waals surface area contributed by atoms with Crippen molar-refractivity contribution in [3.8, 4) is 0 Å². The first-order valence-corrected chi connectivity index (χ1v) is 7.85. The van der Waals surface area contributed by atoms with Gasteiger partial charge in [0.2, 0.25) is 0 Å². The van der Waals surface area contributed by atoms with Crippen LogP contribution in [-0.4, -0.2) is 38.7 Å². The number of halogens is 3. The fraction of sp³-hybridized carbons (Fsp3) is 0.600. The minimum absolute atomic E-state index is 0.291. The van der Waals surface area contributed by atoms with Gasteiger partial charge in [0, 0.05) is 11.4 Å². The average Bonchev–Trinajstić information content (AvgIpc) is 2.76. The van der Waals surface area contributed by atoms with Crippen LogP contribution in [0.25, 0.3) is 0 Å². The molecule has 1 atom stereocenters. The molecular formula is C10H14F3NO4S2. The van der Waals surface area contributed by atoms with Crippen LogP contribution in [0.1, 0.15) is 16.5 Å². The van der Waals surface area contributed by atoms with Crippen molar-refractivity contribution in [3.63, 3.8) is 0 Å². The molecule has 2 heterocycles. The Morgan fingerprint density at radius 3 is 2.65 bits per heavy atom. The summed E-state index contributed by atoms with van der Waals surface area (Å²) in [6, 6.07) is 2.21. The maximum absolute atomic E-state index is 10.7. The second-order valence-electron chi connectivity index (χ2n) is 3.90. The maximum Gasteiger partial charge on any atom is 0.522 e. The average molecular weight is 333 g/mol. The van der Waals surface area contributed by atoms with Crippen molar-refractivity contribution in [3.05, 3.63) is 21.9 Å². The van der Waals surface area contributed by atoms with Gasteiger partial charge >= 0.3 is 15.6 Å². The molecule has 0 aliphatic carbocycles. The van der Waals surface area contributed by atoms with Crippen LogP contribution in [-0.2, 0) is 21.3 Å². The van der Waals surface area contributed by atoms with E-state index in [1.54, 1.807) is 0 Å². The lowest BCUT2D eigenvalue weighted by Crippen LogP contribution is -2.23. The van der Waals surface area contributed by atoms with Gasteiger partial charge in [0.05, 0.1) is 6.61 Å². The molecule has 0 radical (unpaired) electrons. The van der Waals surface area contributed by atoms with Gasteiger partial charge in [0.1, 0.15) is 6.10 Å². The van der Waals surface area contributed by atoms with Crippen LogP contribution in [0.4, 0.5) is 13.2 Å². The molecule has 1 aromatic heterocycles. The molecule has 116 valence electrons. The van der Waals surface area contributed by atoms with Gasteiger partial charge in [0.15, 0.2) is 0 Å². The Labute approximate surface area is 118 Å². The van der Waals surface area contributed by atoms with Crippen molar-refractivity contribution in [2.24, 2.45) is 0 Å². The molecule has 0 fully saturated rings. The third-order valence-electron chi connectivity index (χ3n) is 2.45. The largest absolute Gasteiger partial charge is 0.522 e. The Kier molecular flexibility index (Phi) is 5.95. The molecule has 20 heavy (non-hydrogen) atoms. The van der Waals surface area contributed by atoms with Crippen LogP contribution in [0.3, 0.4) is 0 Å². The molecular weight excluding hydrogens is 319 g/mol. The standard InChI is InChI=1S/C9H13NOS.CHF3O3S/c1-10-6-8-9-7(2-4-11-8)3-5-12-9;2-1(3,4)8(5,6)7/h3,5,8,10H,2,4,6H2,1H3;(H,5,6,7). The minimum Gasteiger partial charge on any atom is -0.371 e. The Bertz CT molecular complexity index is 527. The maximum atomic E-state index is 10.7. The number of ether oxygens (including phenoxy) is 1. The highest BCUT2D eigenvalue weighted by atomic mass is 32.2. The Balaban J connectivity index is 0.000000221. The zero-order valence-corrected chi connectivity index (χ0v) is 12.1. The van der Waals surface area contributed by atoms with Crippen LogP contribution in [0.2, 0.25) is 0 Å². The number of hydrogen-bond donors (Lipinski definition) is 2. The van der Waals surface area contributed by atoms with Crippen molar-refractivity contribution >= 4 is 21.5 Å². The Morgan fingerprint density at radius 2 is 2.15 bits per heavy atom. The molecule has 0 bridgehead atoms. The van der Waals surface area contributed by atoms with Crippen LogP contribution < -0.4 is 5.32 Å². The van der Waals surface area contributed by atoms with Gasteiger partial charge in [-0.1, -0.05) is 0 Å². The lowest BCUT2D eigenvalue weighted by atomic mass is 10.1. The van der Waals surface area contributed by atoms with E-state index >= 15 is 0 Å². The van der Waals surface area contributed by atoms with Crippen molar-refractivity contribution in [2.75, 3.05) is 20.2 Å². The lowest BCUT2D eigenvalue weighted by Gasteiger charge is -2.22. The summed E-state index contributed by atoms with van der Waals surface area (Å²) in [7, 11) is -3.88. The van der Waals surface area contributed by atoms with E-state index in [1.807, 2.05) is 18.4 Å². The van der Waals surface area contributed by atoms with Gasteiger partial charge in [-0.15, -0.1) is 11.3 Å². The summed E-state index contributed by atoms with van der Waals surface area (Å²) in [5, 5.41) is 5.30. The fourth-order valence-corrected chi connectivity index (χ4v) is 2.56. The summed E-state index contributed by atoms with van der Waals surface area (Å²) in [4.78, 5) is 1.41. The van der Waals surface area contributed by atoms with E-state index in [4.69, 9.17) is 17.7 Å². The zero-order valence-electron chi connectivity index (χ0n) is 10.5. The summed E-state index contributed by atoms with van der Waals surface area (Å²) in [5.41, 5.74) is -4.06. The number of likely N-dealkylation sites (N-methyl/N-ethyl adjacent to an activating group) is 1. The van der Waals surface area contributed by atoms with Gasteiger partial charge in [0.25, 0.3) is 0 Å². The Morgan fingerprint density at radius 1 is 1.55 bits per heavy atom. The number of thiophene rings is 1. The fourth-order valence-electron chi connectivity index (χ4n) is 1.56. The summed E-state index contributed by atoms with van der Waals surface area (Å²) in [5.74, 6) is 0. The van der Waals surface area contributed by atoms with E-state index in [9.17, 15) is 13.2 Å². The summed E-state index contributed by atoms with van der Waals surface area (Å²) in [6.07, 6.45) is 1.37. The van der Waals surface area contributed by atoms with Crippen LogP contribution in [0, 0.1) is 0 Å². The molecule has 1 unspecified atom stereocenters. The van der Waals surface area contributed by atoms with Crippen molar-refractivity contribution in [1.29, 1.82) is 0 Å². The van der Waals surface area contributed by atoms with Gasteiger partial charge in [-0.3, -0.25) is 4.55 Å². The predicted molar refractivity (Wildman–Crippen MR) is 68.2 cm³/mol. The second kappa shape index (κ2) is 6.85. The highest BCUT2D eigenvalue weighted by Crippen LogP contribution is 2.30. The first kappa shape index (κ1) is 17.4. The number of nitrogens with one attached hydrogen (secondary N) is 1. The van der Waals surface area contributed by atoms with Crippen LogP contribution in [0.5, 0.6) is 0 Å². The molecule has 0 aromatic carbocycles. The molecule has 1 aliphatic rings. The third-order valence-corrected chi connectivity index (χ3v) is 4.08. The van der Waals surface area contributed by atoms with Gasteiger partial charge in [-0.25, -0.2) is 0 Å². The van der Waals surface area contributed by atoms with E-state index < -0.39 is 15.6 Å². The van der Waals surface area contributed by atoms with Crippen LogP contribution in [0.15, 0.2) is 11.4 Å². The summed E-state index contributed by atoms with van der Waals surface area (Å²) in [6.45, 7) is 1.80. The molecule has 2 rings (SSSR count). The smallest absolute Gasteiger partial charge is 0.371 e. The quantitative estimate of drug-likeness (QED) is 0.639. The summed E-state index contributed by atoms with van der Waals surface area (Å²) >= 11 is 1.81. The van der Waals surface area contributed by atoms with Gasteiger partial charge in [-0.05, 0) is 30.5 Å². The predicted octanol–water partition coefficient (Wildman–Crippen LogP) is 1.98. The van der Waals surface area contributed by atoms with Crippen molar-refractivity contribution in [1.82, 2.24) is 5.32 Å². The van der Waals surface area contributed by atoms with E-state index in [1.165, 1.54) is 10.4 Å². The van der Waals surface area contributed by atoms with Gasteiger partial charge < -0.3 is 10.1 Å². The molecule has 0 saturated heterocycles. The van der Waals surface area contributed by atoms with E-state index in [0.29, 0.717) is 6.10 Å². The van der Waals surface area contributed by atoms with E-state index in [0.717, 1.165) is 19.6 Å². The summed E-state index contributed by atoms with van der Waals surface area (Å²) < 4.78 is 63.2. The van der Waals surface area contributed by atoms with Gasteiger partial charge in [-0.2, -0.15) is 21.6 Å². The number of alkyl halides is 3. The molecule has 0 spiro atoms. The van der Waals surface area contributed by atoms with Crippen molar-refractivity contribution in [2.45, 2.75) is 18.0 Å². The zero-order chi connectivity index (χ0) is 15.4. The van der Waals surface area contributed by atoms with E-state index in [2.05, 4.69) is 16.8 Å². The minimum atomic E-state index is -5.84. The Hall–Kier alpha value is -0.680. The number of rotatable bonds is 2. The molecule has 0 amide bonds. The second-order valence-corrected chi connectivity index (χ2v) is 6.26. The first-order valence-electron chi connectivity index (χ1n) is 5.53. The highest BCUT2D eigenvalue weighted by molar-refractivity contribution is 7.86. The van der Waals surface area contributed by atoms with E-state index in [-0.39, 0.29) is 0 Å². The monoisotopic (exact) mass is 333 g/mol. The SMILES string of the molecule is CNCC1OCCc2ccsc21.O=S(=O)(O)C(F)(F)F. The van der Waals surface area contributed by atoms with Crippen LogP contribution >= 0.6 is 11.3 Å². The molecule has 1 aliphatic heterocycles. The highest BCUT2D eigenvalue weighted by Gasteiger charge is 2.44. The number of hydrogen-bond acceptors (Lipinski definition) is 5. The van der Waals surface area contributed by atoms with Crippen molar-refractivity contribution < 1.29 is 30.9 Å². The third kappa shape index (κ3) is 4.70.